The molecular formula is C39H30N10O3S. The summed E-state index contributed by atoms with van der Waals surface area (Å²) < 4.78 is 7.58. The summed E-state index contributed by atoms with van der Waals surface area (Å²) in [6.45, 7) is 0.766. The van der Waals surface area contributed by atoms with Crippen LogP contribution in [0.3, 0.4) is 0 Å². The molecule has 7 aromatic rings. The maximum Gasteiger partial charge on any atom is 0.257 e. The minimum absolute atomic E-state index is 0.0445. The number of carbonyl (C=O) groups excluding carboxylic acids is 2. The quantitative estimate of drug-likeness (QED) is 0.188. The molecule has 7 heterocycles. The lowest BCUT2D eigenvalue weighted by molar-refractivity contribution is -0.118. The number of methoxy groups -OCH3 is 1. The van der Waals surface area contributed by atoms with Crippen molar-refractivity contribution in [2.45, 2.75) is 6.04 Å². The molecule has 4 atom stereocenters. The lowest BCUT2D eigenvalue weighted by atomic mass is 10.0. The Bertz CT molecular complexity index is 2620. The van der Waals surface area contributed by atoms with E-state index in [2.05, 4.69) is 49.7 Å². The summed E-state index contributed by atoms with van der Waals surface area (Å²) in [7, 11) is 3.64. The number of amides is 2. The predicted octanol–water partition coefficient (Wildman–Crippen LogP) is 6.08. The van der Waals surface area contributed by atoms with E-state index in [0.717, 1.165) is 34.4 Å². The standard InChI is InChI=1S/C39H30N10O3S/c1-48-19-27-33(34(27)37(51)46-31-16-26-13-25(18-49(26)20-42-31)22-8-10-41-11-9-22)35(48)30-14-24(15-32(43-30)52-2)28-6-7-29-38(44-28)53-39(45-29)47-36(50)23-5-3-4-21(12-23)17-40/h3-16,18,20,27,33-35H,19H2,1-2H3,(H,46,51)(H,45,47,50). The highest BCUT2D eigenvalue weighted by atomic mass is 32.1. The van der Waals surface area contributed by atoms with Crippen molar-refractivity contribution < 1.29 is 14.3 Å². The molecule has 6 aromatic heterocycles. The number of anilines is 2. The topological polar surface area (TPSA) is 163 Å². The lowest BCUT2D eigenvalue weighted by Crippen LogP contribution is -2.29. The summed E-state index contributed by atoms with van der Waals surface area (Å²) in [4.78, 5) is 52.3. The van der Waals surface area contributed by atoms with Crippen LogP contribution in [0.4, 0.5) is 10.9 Å². The molecule has 1 saturated heterocycles. The number of hydrogen-bond acceptors (Lipinski definition) is 11. The molecule has 2 aliphatic rings. The third kappa shape index (κ3) is 6.01. The van der Waals surface area contributed by atoms with Gasteiger partial charge in [-0.15, -0.1) is 0 Å². The van der Waals surface area contributed by atoms with E-state index >= 15 is 0 Å². The van der Waals surface area contributed by atoms with E-state index in [1.165, 1.54) is 17.4 Å². The van der Waals surface area contributed by atoms with Gasteiger partial charge in [-0.3, -0.25) is 24.8 Å². The van der Waals surface area contributed by atoms with Crippen molar-refractivity contribution in [2.75, 3.05) is 31.3 Å². The van der Waals surface area contributed by atoms with Gasteiger partial charge in [0.2, 0.25) is 11.8 Å². The normalized spacial score (nSPS) is 19.1. The Morgan fingerprint density at radius 3 is 2.66 bits per heavy atom. The molecule has 2 N–H and O–H groups in total. The molecule has 1 aliphatic carbocycles. The van der Waals surface area contributed by atoms with Crippen molar-refractivity contribution in [2.24, 2.45) is 17.8 Å². The van der Waals surface area contributed by atoms with Gasteiger partial charge in [-0.25, -0.2) is 19.9 Å². The van der Waals surface area contributed by atoms with Gasteiger partial charge in [-0.1, -0.05) is 17.4 Å². The van der Waals surface area contributed by atoms with Crippen molar-refractivity contribution in [3.63, 3.8) is 0 Å². The van der Waals surface area contributed by atoms with Crippen LogP contribution in [0.1, 0.15) is 27.7 Å². The van der Waals surface area contributed by atoms with Gasteiger partial charge in [-0.05, 0) is 79.0 Å². The number of thiazole rings is 1. The third-order valence-electron chi connectivity index (χ3n) is 9.98. The molecule has 4 unspecified atom stereocenters. The molecule has 0 bridgehead atoms. The van der Waals surface area contributed by atoms with Crippen LogP contribution in [-0.2, 0) is 4.79 Å². The fourth-order valence-corrected chi connectivity index (χ4v) is 8.29. The van der Waals surface area contributed by atoms with Crippen LogP contribution >= 0.6 is 11.3 Å². The minimum atomic E-state index is -0.357. The summed E-state index contributed by atoms with van der Waals surface area (Å²) in [6, 6.07) is 23.9. The molecule has 0 spiro atoms. The summed E-state index contributed by atoms with van der Waals surface area (Å²) in [5.74, 6) is 0.665. The average molecular weight is 719 g/mol. The van der Waals surface area contributed by atoms with Crippen molar-refractivity contribution >= 4 is 50.0 Å². The van der Waals surface area contributed by atoms with E-state index in [-0.39, 0.29) is 35.6 Å². The van der Waals surface area contributed by atoms with Crippen LogP contribution < -0.4 is 15.4 Å². The van der Waals surface area contributed by atoms with Gasteiger partial charge in [0.25, 0.3) is 5.91 Å². The highest BCUT2D eigenvalue weighted by Gasteiger charge is 2.64. The molecule has 0 radical (unpaired) electrons. The fraction of sp³-hybridized carbons (Fsp3) is 0.179. The van der Waals surface area contributed by atoms with Crippen LogP contribution in [0, 0.1) is 29.1 Å². The first kappa shape index (κ1) is 32.4. The summed E-state index contributed by atoms with van der Waals surface area (Å²) >= 11 is 1.26. The van der Waals surface area contributed by atoms with E-state index in [4.69, 9.17) is 14.7 Å². The van der Waals surface area contributed by atoms with Crippen LogP contribution in [0.15, 0.2) is 97.7 Å². The van der Waals surface area contributed by atoms with Gasteiger partial charge in [0, 0.05) is 59.9 Å². The second-order valence-electron chi connectivity index (χ2n) is 13.2. The Hall–Kier alpha value is -6.56. The van der Waals surface area contributed by atoms with Crippen LogP contribution in [0.5, 0.6) is 5.88 Å². The van der Waals surface area contributed by atoms with Crippen molar-refractivity contribution in [1.29, 1.82) is 5.26 Å². The molecule has 9 rings (SSSR count). The number of nitrogens with one attached hydrogen (secondary N) is 2. The third-order valence-corrected chi connectivity index (χ3v) is 10.9. The lowest BCUT2D eigenvalue weighted by Gasteiger charge is -2.25. The zero-order valence-electron chi connectivity index (χ0n) is 28.5. The highest BCUT2D eigenvalue weighted by molar-refractivity contribution is 7.22. The second-order valence-corrected chi connectivity index (χ2v) is 14.2. The molecule has 2 amide bonds. The van der Waals surface area contributed by atoms with E-state index in [9.17, 15) is 14.9 Å². The number of ether oxygens (including phenoxy) is 1. The molecule has 14 heteroatoms. The van der Waals surface area contributed by atoms with Crippen LogP contribution in [-0.4, -0.2) is 66.7 Å². The minimum Gasteiger partial charge on any atom is -0.481 e. The predicted molar refractivity (Wildman–Crippen MR) is 199 cm³/mol. The zero-order chi connectivity index (χ0) is 36.2. The second kappa shape index (κ2) is 12.9. The van der Waals surface area contributed by atoms with E-state index in [0.29, 0.717) is 44.0 Å². The highest BCUT2D eigenvalue weighted by Crippen LogP contribution is 2.61. The number of pyridine rings is 3. The molecule has 260 valence electrons. The Kier molecular flexibility index (Phi) is 7.87. The largest absolute Gasteiger partial charge is 0.481 e. The number of aromatic nitrogens is 6. The number of rotatable bonds is 8. The maximum absolute atomic E-state index is 13.7. The number of nitrogens with zero attached hydrogens (tertiary/aromatic N) is 8. The molecule has 1 aliphatic heterocycles. The van der Waals surface area contributed by atoms with Gasteiger partial charge in [0.05, 0.1) is 41.7 Å². The zero-order valence-corrected chi connectivity index (χ0v) is 29.3. The number of benzene rings is 1. The first-order chi connectivity index (χ1) is 25.8. The first-order valence-electron chi connectivity index (χ1n) is 16.9. The molecular weight excluding hydrogens is 689 g/mol. The number of fused-ring (bicyclic) bond motifs is 3. The number of hydrogen-bond donors (Lipinski definition) is 2. The monoisotopic (exact) mass is 718 g/mol. The SMILES string of the molecule is COc1cc(-c2ccc3nc(NC(=O)c4cccc(C#N)c4)sc3n2)cc(C2C3C(CN2C)C3C(=O)Nc2cc3cc(-c4ccncc4)cn3cn2)n1. The number of nitriles is 1. The maximum atomic E-state index is 13.7. The van der Waals surface area contributed by atoms with E-state index in [1.807, 2.05) is 53.1 Å². The smallest absolute Gasteiger partial charge is 0.257 e. The Morgan fingerprint density at radius 2 is 1.83 bits per heavy atom. The summed E-state index contributed by atoms with van der Waals surface area (Å²) in [5, 5.41) is 15.5. The first-order valence-corrected chi connectivity index (χ1v) is 17.7. The summed E-state index contributed by atoms with van der Waals surface area (Å²) in [6.07, 6.45) is 7.25. The Balaban J connectivity index is 0.933. The van der Waals surface area contributed by atoms with Crippen LogP contribution in [0.2, 0.25) is 0 Å². The van der Waals surface area contributed by atoms with E-state index < -0.39 is 0 Å². The number of piperidine rings is 1. The molecule has 53 heavy (non-hydrogen) atoms. The molecule has 1 aromatic carbocycles. The van der Waals surface area contributed by atoms with E-state index in [1.54, 1.807) is 44.0 Å². The van der Waals surface area contributed by atoms with Crippen molar-refractivity contribution in [3.8, 4) is 34.3 Å². The Morgan fingerprint density at radius 1 is 0.962 bits per heavy atom. The Labute approximate surface area is 307 Å². The molecule has 2 fully saturated rings. The van der Waals surface area contributed by atoms with Gasteiger partial charge in [-0.2, -0.15) is 5.26 Å². The number of carbonyl (C=O) groups is 2. The van der Waals surface area contributed by atoms with Crippen LogP contribution in [0.25, 0.3) is 38.2 Å². The van der Waals surface area contributed by atoms with Gasteiger partial charge < -0.3 is 14.5 Å². The molecule has 1 saturated carbocycles. The van der Waals surface area contributed by atoms with Gasteiger partial charge in [0.15, 0.2) is 5.13 Å². The summed E-state index contributed by atoms with van der Waals surface area (Å²) in [5.41, 5.74) is 6.76. The molecule has 13 nitrogen and oxygen atoms in total. The van der Waals surface area contributed by atoms with Gasteiger partial charge in [0.1, 0.15) is 22.5 Å². The number of likely N-dealkylation sites (tertiary alicyclic amines) is 1. The fourth-order valence-electron chi connectivity index (χ4n) is 7.45. The average Bonchev–Trinajstić information content (AvgIpc) is 3.46. The van der Waals surface area contributed by atoms with Crippen molar-refractivity contribution in [3.05, 3.63) is 115 Å². The van der Waals surface area contributed by atoms with Crippen molar-refractivity contribution in [1.82, 2.24) is 34.2 Å². The van der Waals surface area contributed by atoms with Gasteiger partial charge >= 0.3 is 0 Å².